The highest BCUT2D eigenvalue weighted by atomic mass is 16.5. The van der Waals surface area contributed by atoms with Gasteiger partial charge in [0.15, 0.2) is 17.3 Å². The van der Waals surface area contributed by atoms with Crippen LogP contribution in [0.1, 0.15) is 22.8 Å². The Balaban J connectivity index is 3.38. The van der Waals surface area contributed by atoms with Gasteiger partial charge >= 0.3 is 0 Å². The lowest BCUT2D eigenvalue weighted by Gasteiger charge is -2.09. The average Bonchev–Trinajstić information content (AvgIpc) is 2.09. The number of ketones is 1. The Labute approximate surface area is 77.0 Å². The predicted molar refractivity (Wildman–Crippen MR) is 49.4 cm³/mol. The lowest BCUT2D eigenvalue weighted by atomic mass is 10.1. The highest BCUT2D eigenvalue weighted by Crippen LogP contribution is 2.33. The maximum Gasteiger partial charge on any atom is 0.171 e. The van der Waals surface area contributed by atoms with Crippen LogP contribution >= 0.6 is 0 Å². The normalized spacial score (nSPS) is 9.77. The molecule has 0 spiro atoms. The molecule has 3 nitrogen and oxygen atoms in total. The van der Waals surface area contributed by atoms with Crippen LogP contribution in [0.3, 0.4) is 0 Å². The second-order valence-corrected chi connectivity index (χ2v) is 2.87. The molecule has 0 aromatic heterocycles. The SMILES string of the molecule is COc1c(C(C)=O)ccc(C)c1O. The van der Waals surface area contributed by atoms with E-state index in [0.29, 0.717) is 11.1 Å². The fraction of sp³-hybridized carbons (Fsp3) is 0.300. The molecule has 0 aliphatic rings. The molecule has 0 aliphatic carbocycles. The van der Waals surface area contributed by atoms with E-state index in [9.17, 15) is 9.90 Å². The minimum absolute atomic E-state index is 0.0372. The Morgan fingerprint density at radius 3 is 2.54 bits per heavy atom. The Hall–Kier alpha value is -1.51. The lowest BCUT2D eigenvalue weighted by molar-refractivity contribution is 0.101. The smallest absolute Gasteiger partial charge is 0.171 e. The highest BCUT2D eigenvalue weighted by molar-refractivity contribution is 5.97. The van der Waals surface area contributed by atoms with Gasteiger partial charge in [0, 0.05) is 0 Å². The van der Waals surface area contributed by atoms with Gasteiger partial charge in [-0.15, -0.1) is 0 Å². The predicted octanol–water partition coefficient (Wildman–Crippen LogP) is 1.91. The monoisotopic (exact) mass is 180 g/mol. The van der Waals surface area contributed by atoms with Crippen molar-refractivity contribution < 1.29 is 14.6 Å². The van der Waals surface area contributed by atoms with Crippen molar-refractivity contribution in [2.75, 3.05) is 7.11 Å². The minimum atomic E-state index is -0.118. The van der Waals surface area contributed by atoms with Crippen LogP contribution in [-0.2, 0) is 0 Å². The van der Waals surface area contributed by atoms with Gasteiger partial charge in [-0.1, -0.05) is 6.07 Å². The van der Waals surface area contributed by atoms with Gasteiger partial charge < -0.3 is 9.84 Å². The van der Waals surface area contributed by atoms with E-state index in [4.69, 9.17) is 4.74 Å². The molecule has 0 saturated heterocycles. The van der Waals surface area contributed by atoms with Crippen molar-refractivity contribution in [3.8, 4) is 11.5 Å². The van der Waals surface area contributed by atoms with E-state index in [1.807, 2.05) is 0 Å². The number of rotatable bonds is 2. The molecule has 70 valence electrons. The average molecular weight is 180 g/mol. The summed E-state index contributed by atoms with van der Waals surface area (Å²) in [5.41, 5.74) is 1.10. The van der Waals surface area contributed by atoms with Gasteiger partial charge in [0.1, 0.15) is 0 Å². The molecule has 1 rings (SSSR count). The number of carbonyl (C=O) groups excluding carboxylic acids is 1. The Morgan fingerprint density at radius 1 is 1.46 bits per heavy atom. The molecular weight excluding hydrogens is 168 g/mol. The van der Waals surface area contributed by atoms with Gasteiger partial charge in [-0.3, -0.25) is 4.79 Å². The number of aromatic hydroxyl groups is 1. The maximum absolute atomic E-state index is 11.1. The van der Waals surface area contributed by atoms with Crippen molar-refractivity contribution in [2.45, 2.75) is 13.8 Å². The number of ether oxygens (including phenoxy) is 1. The van der Waals surface area contributed by atoms with Gasteiger partial charge in [0.25, 0.3) is 0 Å². The molecule has 1 aromatic carbocycles. The van der Waals surface area contributed by atoms with Crippen molar-refractivity contribution in [2.24, 2.45) is 0 Å². The third kappa shape index (κ3) is 1.64. The van der Waals surface area contributed by atoms with Crippen molar-refractivity contribution in [1.29, 1.82) is 0 Å². The van der Waals surface area contributed by atoms with Crippen LogP contribution in [0, 0.1) is 6.92 Å². The van der Waals surface area contributed by atoms with Gasteiger partial charge in [-0.05, 0) is 25.5 Å². The lowest BCUT2D eigenvalue weighted by Crippen LogP contribution is -1.98. The third-order valence-corrected chi connectivity index (χ3v) is 1.92. The molecule has 0 saturated carbocycles. The molecule has 0 fully saturated rings. The first-order valence-electron chi connectivity index (χ1n) is 3.95. The summed E-state index contributed by atoms with van der Waals surface area (Å²) >= 11 is 0. The molecular formula is C10H12O3. The first-order chi connectivity index (χ1) is 6.07. The summed E-state index contributed by atoms with van der Waals surface area (Å²) < 4.78 is 4.95. The molecule has 13 heavy (non-hydrogen) atoms. The summed E-state index contributed by atoms with van der Waals surface area (Å²) in [6, 6.07) is 3.34. The molecule has 0 atom stereocenters. The molecule has 3 heteroatoms. The second-order valence-electron chi connectivity index (χ2n) is 2.87. The largest absolute Gasteiger partial charge is 0.504 e. The number of hydrogen-bond acceptors (Lipinski definition) is 3. The van der Waals surface area contributed by atoms with Crippen molar-refractivity contribution >= 4 is 5.78 Å². The summed E-state index contributed by atoms with van der Waals surface area (Å²) in [6.07, 6.45) is 0. The number of hydrogen-bond donors (Lipinski definition) is 1. The number of phenolic OH excluding ortho intramolecular Hbond substituents is 1. The summed E-state index contributed by atoms with van der Waals surface area (Å²) in [7, 11) is 1.43. The van der Waals surface area contributed by atoms with Crippen LogP contribution in [-0.4, -0.2) is 18.0 Å². The summed E-state index contributed by atoms with van der Waals surface area (Å²) in [5.74, 6) is 0.176. The Morgan fingerprint density at radius 2 is 2.08 bits per heavy atom. The van der Waals surface area contributed by atoms with Crippen LogP contribution in [0.4, 0.5) is 0 Å². The van der Waals surface area contributed by atoms with E-state index in [2.05, 4.69) is 0 Å². The van der Waals surface area contributed by atoms with E-state index in [0.717, 1.165) is 0 Å². The topological polar surface area (TPSA) is 46.5 Å². The number of carbonyl (C=O) groups is 1. The van der Waals surface area contributed by atoms with E-state index in [1.165, 1.54) is 14.0 Å². The van der Waals surface area contributed by atoms with Gasteiger partial charge in [0.05, 0.1) is 12.7 Å². The van der Waals surface area contributed by atoms with Crippen LogP contribution in [0.2, 0.25) is 0 Å². The Kier molecular flexibility index (Phi) is 2.56. The second kappa shape index (κ2) is 3.47. The standard InChI is InChI=1S/C10H12O3/c1-6-4-5-8(7(2)11)10(13-3)9(6)12/h4-5,12H,1-3H3. The van der Waals surface area contributed by atoms with Gasteiger partial charge in [-0.25, -0.2) is 0 Å². The summed E-state index contributed by atoms with van der Waals surface area (Å²) in [5, 5.41) is 9.55. The van der Waals surface area contributed by atoms with Crippen molar-refractivity contribution in [3.63, 3.8) is 0 Å². The minimum Gasteiger partial charge on any atom is -0.504 e. The number of phenols is 1. The van der Waals surface area contributed by atoms with Gasteiger partial charge in [0.2, 0.25) is 0 Å². The molecule has 0 unspecified atom stereocenters. The molecule has 0 aliphatic heterocycles. The van der Waals surface area contributed by atoms with Crippen LogP contribution < -0.4 is 4.74 Å². The molecule has 0 heterocycles. The summed E-state index contributed by atoms with van der Waals surface area (Å²) in [4.78, 5) is 11.1. The van der Waals surface area contributed by atoms with Crippen molar-refractivity contribution in [1.82, 2.24) is 0 Å². The van der Waals surface area contributed by atoms with Crippen LogP contribution in [0.25, 0.3) is 0 Å². The van der Waals surface area contributed by atoms with E-state index in [1.54, 1.807) is 19.1 Å². The number of Topliss-reactive ketones (excluding diaryl/α,β-unsaturated/α-hetero) is 1. The van der Waals surface area contributed by atoms with Crippen LogP contribution in [0.5, 0.6) is 11.5 Å². The number of benzene rings is 1. The molecule has 0 radical (unpaired) electrons. The number of methoxy groups -OCH3 is 1. The fourth-order valence-corrected chi connectivity index (χ4v) is 1.15. The first-order valence-corrected chi connectivity index (χ1v) is 3.95. The summed E-state index contributed by atoms with van der Waals surface area (Å²) in [6.45, 7) is 3.19. The first kappa shape index (κ1) is 9.58. The number of aryl methyl sites for hydroxylation is 1. The van der Waals surface area contributed by atoms with E-state index >= 15 is 0 Å². The third-order valence-electron chi connectivity index (χ3n) is 1.92. The zero-order valence-corrected chi connectivity index (χ0v) is 7.92. The quantitative estimate of drug-likeness (QED) is 0.707. The maximum atomic E-state index is 11.1. The zero-order valence-electron chi connectivity index (χ0n) is 7.92. The van der Waals surface area contributed by atoms with Crippen molar-refractivity contribution in [3.05, 3.63) is 23.3 Å². The molecule has 0 bridgehead atoms. The fourth-order valence-electron chi connectivity index (χ4n) is 1.15. The molecule has 1 aromatic rings. The van der Waals surface area contributed by atoms with Gasteiger partial charge in [-0.2, -0.15) is 0 Å². The highest BCUT2D eigenvalue weighted by Gasteiger charge is 2.13. The zero-order chi connectivity index (χ0) is 10.0. The molecule has 1 N–H and O–H groups in total. The van der Waals surface area contributed by atoms with E-state index in [-0.39, 0.29) is 17.3 Å². The van der Waals surface area contributed by atoms with E-state index < -0.39 is 0 Å². The molecule has 0 amide bonds. The van der Waals surface area contributed by atoms with Crippen LogP contribution in [0.15, 0.2) is 12.1 Å². The Bertz CT molecular complexity index is 342.